The van der Waals surface area contributed by atoms with E-state index in [1.807, 2.05) is 16.9 Å². The van der Waals surface area contributed by atoms with Crippen molar-refractivity contribution < 1.29 is 4.74 Å². The lowest BCUT2D eigenvalue weighted by Gasteiger charge is -2.25. The van der Waals surface area contributed by atoms with E-state index in [4.69, 9.17) is 14.7 Å². The molecule has 0 bridgehead atoms. The highest BCUT2D eigenvalue weighted by molar-refractivity contribution is 7.17. The summed E-state index contributed by atoms with van der Waals surface area (Å²) in [6.45, 7) is 7.70. The second-order valence-electron chi connectivity index (χ2n) is 7.78. The Morgan fingerprint density at radius 3 is 2.74 bits per heavy atom. The van der Waals surface area contributed by atoms with Crippen molar-refractivity contribution in [2.45, 2.75) is 20.0 Å². The molecule has 0 saturated carbocycles. The van der Waals surface area contributed by atoms with Crippen molar-refractivity contribution in [1.82, 2.24) is 24.6 Å². The molecule has 0 aliphatic carbocycles. The minimum atomic E-state index is 0.741. The number of ether oxygens (including phenoxy) is 1. The van der Waals surface area contributed by atoms with Crippen LogP contribution < -0.4 is 5.32 Å². The first kappa shape index (κ1) is 20.1. The molecule has 0 unspecified atom stereocenters. The standard InChI is InChI=1S/C23H26N6OS/c1-17-13-25-29(14-17)8-7-24-22-21-19(18-5-3-2-4-6-18)16-31-23(21)27-20(26-22)15-28-9-11-30-12-10-28/h2-6,13-14,16H,7-12,15H2,1H3,(H,24,26,27). The highest BCUT2D eigenvalue weighted by Gasteiger charge is 2.18. The van der Waals surface area contributed by atoms with E-state index in [1.165, 1.54) is 16.7 Å². The van der Waals surface area contributed by atoms with E-state index < -0.39 is 0 Å². The first-order valence-corrected chi connectivity index (χ1v) is 11.5. The highest BCUT2D eigenvalue weighted by atomic mass is 32.1. The van der Waals surface area contributed by atoms with Gasteiger partial charge in [0.2, 0.25) is 0 Å². The summed E-state index contributed by atoms with van der Waals surface area (Å²) in [4.78, 5) is 13.3. The highest BCUT2D eigenvalue weighted by Crippen LogP contribution is 2.37. The maximum atomic E-state index is 5.48. The number of nitrogens with zero attached hydrogens (tertiary/aromatic N) is 5. The zero-order chi connectivity index (χ0) is 21.0. The Kier molecular flexibility index (Phi) is 5.93. The molecule has 31 heavy (non-hydrogen) atoms. The smallest absolute Gasteiger partial charge is 0.146 e. The maximum absolute atomic E-state index is 5.48. The van der Waals surface area contributed by atoms with Crippen LogP contribution in [0.25, 0.3) is 21.3 Å². The summed E-state index contributed by atoms with van der Waals surface area (Å²) in [5, 5.41) is 11.2. The van der Waals surface area contributed by atoms with E-state index in [2.05, 4.69) is 58.1 Å². The number of aryl methyl sites for hydroxylation is 1. The van der Waals surface area contributed by atoms with E-state index >= 15 is 0 Å². The zero-order valence-corrected chi connectivity index (χ0v) is 18.4. The maximum Gasteiger partial charge on any atom is 0.146 e. The van der Waals surface area contributed by atoms with Crippen LogP contribution in [0.5, 0.6) is 0 Å². The van der Waals surface area contributed by atoms with Gasteiger partial charge in [-0.3, -0.25) is 9.58 Å². The van der Waals surface area contributed by atoms with Crippen LogP contribution in [0.2, 0.25) is 0 Å². The van der Waals surface area contributed by atoms with Gasteiger partial charge >= 0.3 is 0 Å². The second-order valence-corrected chi connectivity index (χ2v) is 8.64. The molecule has 1 N–H and O–H groups in total. The van der Waals surface area contributed by atoms with Gasteiger partial charge in [-0.1, -0.05) is 30.3 Å². The number of fused-ring (bicyclic) bond motifs is 1. The van der Waals surface area contributed by atoms with Gasteiger partial charge in [0, 0.05) is 36.8 Å². The van der Waals surface area contributed by atoms with Crippen molar-refractivity contribution in [1.29, 1.82) is 0 Å². The van der Waals surface area contributed by atoms with E-state index in [0.717, 1.165) is 67.8 Å². The Hall–Kier alpha value is -2.81. The summed E-state index contributed by atoms with van der Waals surface area (Å²) in [7, 11) is 0. The summed E-state index contributed by atoms with van der Waals surface area (Å²) in [5.41, 5.74) is 3.53. The summed E-state index contributed by atoms with van der Waals surface area (Å²) < 4.78 is 7.44. The van der Waals surface area contributed by atoms with Gasteiger partial charge in [0.15, 0.2) is 0 Å². The summed E-state index contributed by atoms with van der Waals surface area (Å²) in [5.74, 6) is 1.76. The van der Waals surface area contributed by atoms with Gasteiger partial charge in [0.05, 0.1) is 37.9 Å². The number of aromatic nitrogens is 4. The van der Waals surface area contributed by atoms with Crippen LogP contribution in [0.4, 0.5) is 5.82 Å². The molecule has 1 aromatic carbocycles. The number of thiophene rings is 1. The second kappa shape index (κ2) is 9.13. The van der Waals surface area contributed by atoms with Crippen LogP contribution in [0.15, 0.2) is 48.1 Å². The van der Waals surface area contributed by atoms with Crippen LogP contribution in [-0.2, 0) is 17.8 Å². The molecule has 0 radical (unpaired) electrons. The van der Waals surface area contributed by atoms with E-state index in [0.29, 0.717) is 0 Å². The van der Waals surface area contributed by atoms with Crippen molar-refractivity contribution in [3.05, 3.63) is 59.5 Å². The van der Waals surface area contributed by atoms with E-state index in [9.17, 15) is 0 Å². The molecule has 5 rings (SSSR count). The largest absolute Gasteiger partial charge is 0.379 e. The molecule has 1 aliphatic rings. The first-order chi connectivity index (χ1) is 15.3. The van der Waals surface area contributed by atoms with Gasteiger partial charge in [-0.15, -0.1) is 11.3 Å². The molecule has 0 atom stereocenters. The lowest BCUT2D eigenvalue weighted by atomic mass is 10.1. The van der Waals surface area contributed by atoms with Crippen molar-refractivity contribution >= 4 is 27.4 Å². The zero-order valence-electron chi connectivity index (χ0n) is 17.6. The van der Waals surface area contributed by atoms with Crippen molar-refractivity contribution in [3.8, 4) is 11.1 Å². The third kappa shape index (κ3) is 4.61. The molecular weight excluding hydrogens is 408 g/mol. The number of morpholine rings is 1. The Labute approximate surface area is 185 Å². The van der Waals surface area contributed by atoms with Crippen LogP contribution in [0, 0.1) is 6.92 Å². The fourth-order valence-electron chi connectivity index (χ4n) is 3.85. The monoisotopic (exact) mass is 434 g/mol. The Balaban J connectivity index is 1.46. The normalized spacial score (nSPS) is 14.9. The Morgan fingerprint density at radius 2 is 1.97 bits per heavy atom. The lowest BCUT2D eigenvalue weighted by molar-refractivity contribution is 0.0331. The minimum Gasteiger partial charge on any atom is -0.379 e. The van der Waals surface area contributed by atoms with E-state index in [-0.39, 0.29) is 0 Å². The van der Waals surface area contributed by atoms with Crippen LogP contribution in [0.3, 0.4) is 0 Å². The van der Waals surface area contributed by atoms with Crippen LogP contribution >= 0.6 is 11.3 Å². The number of hydrogen-bond acceptors (Lipinski definition) is 7. The average Bonchev–Trinajstić information content (AvgIpc) is 3.41. The number of nitrogens with one attached hydrogen (secondary N) is 1. The molecule has 4 heterocycles. The summed E-state index contributed by atoms with van der Waals surface area (Å²) in [6.07, 6.45) is 3.94. The molecule has 0 amide bonds. The van der Waals surface area contributed by atoms with Gasteiger partial charge in [0.25, 0.3) is 0 Å². The molecule has 1 aliphatic heterocycles. The summed E-state index contributed by atoms with van der Waals surface area (Å²) >= 11 is 1.68. The van der Waals surface area contributed by atoms with Gasteiger partial charge < -0.3 is 10.1 Å². The first-order valence-electron chi connectivity index (χ1n) is 10.6. The number of rotatable bonds is 7. The fraction of sp³-hybridized carbons (Fsp3) is 0.348. The minimum absolute atomic E-state index is 0.741. The van der Waals surface area contributed by atoms with Crippen molar-refractivity contribution in [3.63, 3.8) is 0 Å². The molecular formula is C23H26N6OS. The molecule has 8 heteroatoms. The predicted molar refractivity (Wildman–Crippen MR) is 124 cm³/mol. The molecule has 160 valence electrons. The summed E-state index contributed by atoms with van der Waals surface area (Å²) in [6, 6.07) is 10.5. The molecule has 7 nitrogen and oxygen atoms in total. The number of anilines is 1. The van der Waals surface area contributed by atoms with Crippen molar-refractivity contribution in [2.75, 3.05) is 38.2 Å². The molecule has 1 saturated heterocycles. The van der Waals surface area contributed by atoms with Gasteiger partial charge in [-0.25, -0.2) is 9.97 Å². The average molecular weight is 435 g/mol. The van der Waals surface area contributed by atoms with Gasteiger partial charge in [-0.05, 0) is 18.1 Å². The van der Waals surface area contributed by atoms with E-state index in [1.54, 1.807) is 11.3 Å². The number of benzene rings is 1. The van der Waals surface area contributed by atoms with Gasteiger partial charge in [-0.2, -0.15) is 5.10 Å². The van der Waals surface area contributed by atoms with Crippen LogP contribution in [0.1, 0.15) is 11.4 Å². The predicted octanol–water partition coefficient (Wildman–Crippen LogP) is 3.81. The third-order valence-corrected chi connectivity index (χ3v) is 6.30. The third-order valence-electron chi connectivity index (χ3n) is 5.43. The SMILES string of the molecule is Cc1cnn(CCNc2nc(CN3CCOCC3)nc3scc(-c4ccccc4)c23)c1. The van der Waals surface area contributed by atoms with Gasteiger partial charge in [0.1, 0.15) is 16.5 Å². The lowest BCUT2D eigenvalue weighted by Crippen LogP contribution is -2.36. The Morgan fingerprint density at radius 1 is 1.13 bits per heavy atom. The molecule has 0 spiro atoms. The molecule has 1 fully saturated rings. The molecule has 3 aromatic heterocycles. The fourth-order valence-corrected chi connectivity index (χ4v) is 4.82. The quantitative estimate of drug-likeness (QED) is 0.477. The van der Waals surface area contributed by atoms with Crippen molar-refractivity contribution in [2.24, 2.45) is 0 Å². The molecule has 4 aromatic rings. The Bertz CT molecular complexity index is 1150. The van der Waals surface area contributed by atoms with Crippen LogP contribution in [-0.4, -0.2) is 57.5 Å². The number of hydrogen-bond donors (Lipinski definition) is 1. The topological polar surface area (TPSA) is 68.1 Å².